The zero-order chi connectivity index (χ0) is 42.7. The van der Waals surface area contributed by atoms with Crippen LogP contribution in [0.5, 0.6) is 0 Å². The fourth-order valence-electron chi connectivity index (χ4n) is 8.34. The molecule has 0 aliphatic carbocycles. The van der Waals surface area contributed by atoms with Gasteiger partial charge in [-0.25, -0.2) is 0 Å². The number of pyridine rings is 1. The number of aryl methyl sites for hydroxylation is 2. The van der Waals surface area contributed by atoms with E-state index in [9.17, 15) is 0 Å². The summed E-state index contributed by atoms with van der Waals surface area (Å²) in [5, 5.41) is 0. The standard InChI is InChI=1S/C46H40N3O.C11H8N.Ir/c1-28(2)36-24-34(32-18-9-7-10-19-32)25-37(29(3)4)44(36)49-40-23-14-13-22-39(40)47-45(49)35-26-38(42-30(5)16-15-17-31(42)6)43-41(27-35)50-46(48-43)33-20-11-8-12-21-33;1-2-6-10(7-3-1)11-8-4-5-9-12-11;/h7-26,28-29H,1-6H3;1-6,8-9H;/q2*-1;. The molecule has 1 radical (unpaired) electrons. The van der Waals surface area contributed by atoms with E-state index in [1.165, 1.54) is 39.1 Å². The van der Waals surface area contributed by atoms with E-state index in [-0.39, 0.29) is 31.9 Å². The Bertz CT molecular complexity index is 3050. The second-order valence-corrected chi connectivity index (χ2v) is 16.4. The molecule has 313 valence electrons. The Kier molecular flexibility index (Phi) is 12.8. The molecule has 0 aliphatic rings. The molecule has 0 saturated carbocycles. The number of nitrogens with zero attached hydrogens (tertiary/aromatic N) is 4. The molecular weight excluding hydrogens is 949 g/mol. The fraction of sp³-hybridized carbons (Fsp3) is 0.140. The van der Waals surface area contributed by atoms with Crippen LogP contribution in [0.2, 0.25) is 0 Å². The van der Waals surface area contributed by atoms with Gasteiger partial charge in [-0.3, -0.25) is 9.97 Å². The van der Waals surface area contributed by atoms with Crippen molar-refractivity contribution in [2.75, 3.05) is 0 Å². The predicted molar refractivity (Wildman–Crippen MR) is 255 cm³/mol. The maximum absolute atomic E-state index is 6.56. The van der Waals surface area contributed by atoms with Crippen molar-refractivity contribution in [2.45, 2.75) is 53.4 Å². The van der Waals surface area contributed by atoms with Crippen molar-refractivity contribution in [2.24, 2.45) is 0 Å². The maximum atomic E-state index is 6.56. The molecule has 6 heteroatoms. The number of rotatable bonds is 8. The van der Waals surface area contributed by atoms with E-state index < -0.39 is 0 Å². The van der Waals surface area contributed by atoms with Gasteiger partial charge in [-0.05, 0) is 113 Å². The van der Waals surface area contributed by atoms with Crippen molar-refractivity contribution in [1.82, 2.24) is 19.5 Å². The van der Waals surface area contributed by atoms with Gasteiger partial charge in [0.15, 0.2) is 0 Å². The van der Waals surface area contributed by atoms with Crippen LogP contribution in [-0.2, 0) is 20.1 Å². The quantitative estimate of drug-likeness (QED) is 0.142. The third-order valence-corrected chi connectivity index (χ3v) is 11.4. The van der Waals surface area contributed by atoms with Gasteiger partial charge in [0.05, 0.1) is 22.4 Å². The molecule has 0 atom stereocenters. The molecule has 0 N–H and O–H groups in total. The number of fused-ring (bicyclic) bond motifs is 2. The van der Waals surface area contributed by atoms with E-state index in [1.807, 2.05) is 72.8 Å². The number of oxazole rings is 1. The molecule has 63 heavy (non-hydrogen) atoms. The minimum absolute atomic E-state index is 0. The first kappa shape index (κ1) is 42.9. The van der Waals surface area contributed by atoms with Gasteiger partial charge in [0.1, 0.15) is 0 Å². The molecule has 10 rings (SSSR count). The van der Waals surface area contributed by atoms with Gasteiger partial charge in [0.25, 0.3) is 0 Å². The van der Waals surface area contributed by atoms with Crippen molar-refractivity contribution in [3.05, 3.63) is 204 Å². The average molecular weight is 997 g/mol. The van der Waals surface area contributed by atoms with Crippen LogP contribution in [0, 0.1) is 26.0 Å². The van der Waals surface area contributed by atoms with Crippen LogP contribution in [-0.4, -0.2) is 19.5 Å². The molecule has 0 saturated heterocycles. The molecular formula is C57H48IrN4O-2. The summed E-state index contributed by atoms with van der Waals surface area (Å²) in [5.74, 6) is 1.93. The van der Waals surface area contributed by atoms with Gasteiger partial charge in [-0.15, -0.1) is 47.5 Å². The topological polar surface area (TPSA) is 56.7 Å². The summed E-state index contributed by atoms with van der Waals surface area (Å²) in [4.78, 5) is 14.7. The average Bonchev–Trinajstić information content (AvgIpc) is 3.92. The van der Waals surface area contributed by atoms with E-state index in [1.54, 1.807) is 6.20 Å². The molecule has 0 aliphatic heterocycles. The first-order valence-electron chi connectivity index (χ1n) is 21.3. The number of aromatic nitrogens is 4. The molecule has 0 amide bonds. The summed E-state index contributed by atoms with van der Waals surface area (Å²) in [6, 6.07) is 63.1. The van der Waals surface area contributed by atoms with Gasteiger partial charge in [0, 0.05) is 43.1 Å². The second-order valence-electron chi connectivity index (χ2n) is 16.4. The van der Waals surface area contributed by atoms with Gasteiger partial charge in [-0.2, -0.15) is 0 Å². The Morgan fingerprint density at radius 2 is 1.22 bits per heavy atom. The first-order chi connectivity index (χ1) is 30.2. The van der Waals surface area contributed by atoms with Gasteiger partial charge < -0.3 is 14.0 Å². The Labute approximate surface area is 383 Å². The van der Waals surface area contributed by atoms with E-state index in [2.05, 4.69) is 154 Å². The summed E-state index contributed by atoms with van der Waals surface area (Å²) in [7, 11) is 0. The Morgan fingerprint density at radius 3 is 1.86 bits per heavy atom. The third kappa shape index (κ3) is 8.70. The van der Waals surface area contributed by atoms with Crippen LogP contribution in [0.1, 0.15) is 61.8 Å². The smallest absolute Gasteiger partial charge is 0.215 e. The number of imidazole rings is 1. The second kappa shape index (κ2) is 18.7. The van der Waals surface area contributed by atoms with Crippen molar-refractivity contribution in [3.8, 4) is 62.0 Å². The summed E-state index contributed by atoms with van der Waals surface area (Å²) < 4.78 is 8.93. The van der Waals surface area contributed by atoms with E-state index in [0.717, 1.165) is 55.9 Å². The predicted octanol–water partition coefficient (Wildman–Crippen LogP) is 15.0. The zero-order valence-corrected chi connectivity index (χ0v) is 38.7. The van der Waals surface area contributed by atoms with E-state index >= 15 is 0 Å². The fourth-order valence-corrected chi connectivity index (χ4v) is 8.34. The summed E-state index contributed by atoms with van der Waals surface area (Å²) >= 11 is 0. The minimum atomic E-state index is 0. The van der Waals surface area contributed by atoms with Gasteiger partial charge >= 0.3 is 0 Å². The Hall–Kier alpha value is -6.72. The summed E-state index contributed by atoms with van der Waals surface area (Å²) in [6.45, 7) is 13.5. The van der Waals surface area contributed by atoms with Crippen LogP contribution >= 0.6 is 0 Å². The summed E-state index contributed by atoms with van der Waals surface area (Å²) in [6.07, 6.45) is 1.79. The SMILES string of the molecule is Cc1cccc(C)c1-c1cc(-c2nc3ccccc3n2-c2c(C(C)C)cc(-c3ccccc3)cc2C(C)C)[c-]c2oc(-c3ccccc3)nc12.[Ir].[c-]1ccccc1-c1ccccn1. The molecule has 0 bridgehead atoms. The van der Waals surface area contributed by atoms with Crippen molar-refractivity contribution in [1.29, 1.82) is 0 Å². The molecule has 7 aromatic carbocycles. The molecule has 3 aromatic heterocycles. The van der Waals surface area contributed by atoms with E-state index in [0.29, 0.717) is 11.5 Å². The third-order valence-electron chi connectivity index (χ3n) is 11.4. The zero-order valence-electron chi connectivity index (χ0n) is 36.4. The first-order valence-corrected chi connectivity index (χ1v) is 21.3. The van der Waals surface area contributed by atoms with E-state index in [4.69, 9.17) is 14.4 Å². The van der Waals surface area contributed by atoms with Crippen LogP contribution in [0.3, 0.4) is 0 Å². The molecule has 0 fully saturated rings. The molecule has 5 nitrogen and oxygen atoms in total. The van der Waals surface area contributed by atoms with Gasteiger partial charge in [-0.1, -0.05) is 130 Å². The number of hydrogen-bond acceptors (Lipinski definition) is 4. The van der Waals surface area contributed by atoms with Gasteiger partial charge in [0.2, 0.25) is 5.89 Å². The van der Waals surface area contributed by atoms with Crippen molar-refractivity contribution >= 4 is 22.1 Å². The molecule has 3 heterocycles. The number of hydrogen-bond donors (Lipinski definition) is 0. The van der Waals surface area contributed by atoms with Crippen LogP contribution in [0.15, 0.2) is 174 Å². The maximum Gasteiger partial charge on any atom is 0.215 e. The normalized spacial score (nSPS) is 11.2. The number of benzene rings is 7. The minimum Gasteiger partial charge on any atom is -0.457 e. The Balaban J connectivity index is 0.000000361. The molecule has 0 spiro atoms. The monoisotopic (exact) mass is 997 g/mol. The largest absolute Gasteiger partial charge is 0.457 e. The van der Waals surface area contributed by atoms with Crippen molar-refractivity contribution < 1.29 is 24.5 Å². The van der Waals surface area contributed by atoms with Crippen LogP contribution in [0.25, 0.3) is 84.2 Å². The molecule has 10 aromatic rings. The summed E-state index contributed by atoms with van der Waals surface area (Å²) in [5.41, 5.74) is 17.9. The Morgan fingerprint density at radius 1 is 0.587 bits per heavy atom. The van der Waals surface area contributed by atoms with Crippen molar-refractivity contribution in [3.63, 3.8) is 0 Å². The number of para-hydroxylation sites is 2. The van der Waals surface area contributed by atoms with Crippen LogP contribution < -0.4 is 0 Å². The molecule has 0 unspecified atom stereocenters. The van der Waals surface area contributed by atoms with Crippen LogP contribution in [0.4, 0.5) is 0 Å².